The van der Waals surface area contributed by atoms with Crippen molar-refractivity contribution in [1.29, 1.82) is 0 Å². The lowest BCUT2D eigenvalue weighted by Gasteiger charge is -2.13. The van der Waals surface area contributed by atoms with Gasteiger partial charge in [-0.05, 0) is 75.8 Å². The molecule has 0 aliphatic heterocycles. The van der Waals surface area contributed by atoms with Crippen LogP contribution in [0.2, 0.25) is 0 Å². The van der Waals surface area contributed by atoms with Crippen LogP contribution in [0.3, 0.4) is 0 Å². The molecule has 0 radical (unpaired) electrons. The molecule has 3 rings (SSSR count). The molecule has 6 nitrogen and oxygen atoms in total. The molecule has 1 aliphatic carbocycles. The van der Waals surface area contributed by atoms with Crippen molar-refractivity contribution in [1.82, 2.24) is 9.97 Å². The Hall–Kier alpha value is -2.63. The molecule has 1 heterocycles. The summed E-state index contributed by atoms with van der Waals surface area (Å²) >= 11 is 0. The van der Waals surface area contributed by atoms with Crippen LogP contribution < -0.4 is 15.8 Å². The topological polar surface area (TPSA) is 90.1 Å². The molecule has 6 heteroatoms. The summed E-state index contributed by atoms with van der Waals surface area (Å²) in [5.74, 6) is 1.10. The number of aromatic nitrogens is 2. The van der Waals surface area contributed by atoms with Crippen molar-refractivity contribution < 1.29 is 9.53 Å². The van der Waals surface area contributed by atoms with E-state index in [-0.39, 0.29) is 11.9 Å². The number of hydrogen-bond acceptors (Lipinski definition) is 5. The summed E-state index contributed by atoms with van der Waals surface area (Å²) in [5, 5.41) is 2.92. The van der Waals surface area contributed by atoms with Crippen LogP contribution in [0.5, 0.6) is 5.75 Å². The monoisotopic (exact) mass is 354 g/mol. The van der Waals surface area contributed by atoms with E-state index in [0.29, 0.717) is 18.9 Å². The summed E-state index contributed by atoms with van der Waals surface area (Å²) in [4.78, 5) is 20.6. The van der Waals surface area contributed by atoms with Gasteiger partial charge in [0.2, 0.25) is 11.9 Å². The van der Waals surface area contributed by atoms with E-state index in [0.717, 1.165) is 41.2 Å². The molecule has 1 amide bonds. The predicted molar refractivity (Wildman–Crippen MR) is 102 cm³/mol. The van der Waals surface area contributed by atoms with Crippen molar-refractivity contribution in [3.05, 3.63) is 41.2 Å². The Labute approximate surface area is 154 Å². The number of benzene rings is 1. The smallest absolute Gasteiger partial charge is 0.224 e. The third kappa shape index (κ3) is 4.71. The van der Waals surface area contributed by atoms with Crippen molar-refractivity contribution in [3.8, 4) is 5.75 Å². The molecule has 0 unspecified atom stereocenters. The number of hydrogen-bond donors (Lipinski definition) is 2. The van der Waals surface area contributed by atoms with E-state index in [1.165, 1.54) is 12.8 Å². The molecule has 138 valence electrons. The van der Waals surface area contributed by atoms with Gasteiger partial charge in [-0.2, -0.15) is 0 Å². The fourth-order valence-electron chi connectivity index (χ4n) is 3.40. The van der Waals surface area contributed by atoms with Crippen molar-refractivity contribution >= 4 is 17.5 Å². The number of amides is 1. The van der Waals surface area contributed by atoms with Gasteiger partial charge >= 0.3 is 0 Å². The Kier molecular flexibility index (Phi) is 5.71. The SMILES string of the molecule is Cc1nc(N)nc(C)c1CCC(=O)Nc1ccc(OC2CCCC2)cc1. The predicted octanol–water partition coefficient (Wildman–Crippen LogP) is 3.57. The van der Waals surface area contributed by atoms with Gasteiger partial charge in [-0.3, -0.25) is 4.79 Å². The number of aryl methyl sites for hydroxylation is 2. The molecular weight excluding hydrogens is 328 g/mol. The van der Waals surface area contributed by atoms with Gasteiger partial charge in [0.25, 0.3) is 0 Å². The minimum atomic E-state index is -0.0370. The average molecular weight is 354 g/mol. The molecule has 0 bridgehead atoms. The van der Waals surface area contributed by atoms with E-state index in [1.54, 1.807) is 0 Å². The van der Waals surface area contributed by atoms with Crippen LogP contribution in [0.15, 0.2) is 24.3 Å². The maximum atomic E-state index is 12.2. The van der Waals surface area contributed by atoms with Crippen LogP contribution in [-0.4, -0.2) is 22.0 Å². The van der Waals surface area contributed by atoms with E-state index in [2.05, 4.69) is 15.3 Å². The lowest BCUT2D eigenvalue weighted by molar-refractivity contribution is -0.116. The number of nitrogens with one attached hydrogen (secondary N) is 1. The van der Waals surface area contributed by atoms with Gasteiger partial charge in [-0.1, -0.05) is 0 Å². The number of rotatable bonds is 6. The first-order valence-electron chi connectivity index (χ1n) is 9.17. The quantitative estimate of drug-likeness (QED) is 0.828. The number of nitrogen functional groups attached to an aromatic ring is 1. The number of nitrogens with zero attached hydrogens (tertiary/aromatic N) is 2. The van der Waals surface area contributed by atoms with Crippen LogP contribution in [0.25, 0.3) is 0 Å². The molecule has 3 N–H and O–H groups in total. The minimum absolute atomic E-state index is 0.0370. The van der Waals surface area contributed by atoms with Gasteiger partial charge in [0.15, 0.2) is 0 Å². The highest BCUT2D eigenvalue weighted by atomic mass is 16.5. The van der Waals surface area contributed by atoms with E-state index in [9.17, 15) is 4.79 Å². The Morgan fingerprint density at radius 3 is 2.38 bits per heavy atom. The van der Waals surface area contributed by atoms with E-state index in [4.69, 9.17) is 10.5 Å². The van der Waals surface area contributed by atoms with Gasteiger partial charge in [-0.15, -0.1) is 0 Å². The van der Waals surface area contributed by atoms with Crippen LogP contribution in [0, 0.1) is 13.8 Å². The Balaban J connectivity index is 1.51. The zero-order chi connectivity index (χ0) is 18.5. The highest BCUT2D eigenvalue weighted by Gasteiger charge is 2.16. The lowest BCUT2D eigenvalue weighted by atomic mass is 10.1. The Bertz CT molecular complexity index is 745. The first kappa shape index (κ1) is 18.2. The number of nitrogens with two attached hydrogens (primary N) is 1. The standard InChI is InChI=1S/C20H26N4O2/c1-13-18(14(2)23-20(21)22-13)11-12-19(25)24-15-7-9-17(10-8-15)26-16-5-3-4-6-16/h7-10,16H,3-6,11-12H2,1-2H3,(H,24,25)(H2,21,22,23). The van der Waals surface area contributed by atoms with Crippen LogP contribution >= 0.6 is 0 Å². The minimum Gasteiger partial charge on any atom is -0.490 e. The normalized spacial score (nSPS) is 14.4. The highest BCUT2D eigenvalue weighted by Crippen LogP contribution is 2.25. The summed E-state index contributed by atoms with van der Waals surface area (Å²) in [6.07, 6.45) is 6.05. The number of carbonyl (C=O) groups excluding carboxylic acids is 1. The van der Waals surface area contributed by atoms with Gasteiger partial charge in [-0.25, -0.2) is 9.97 Å². The molecular formula is C20H26N4O2. The largest absolute Gasteiger partial charge is 0.490 e. The van der Waals surface area contributed by atoms with Crippen LogP contribution in [-0.2, 0) is 11.2 Å². The summed E-state index contributed by atoms with van der Waals surface area (Å²) < 4.78 is 5.94. The molecule has 1 aromatic heterocycles. The van der Waals surface area contributed by atoms with Crippen molar-refractivity contribution in [2.24, 2.45) is 0 Å². The molecule has 0 spiro atoms. The third-order valence-electron chi connectivity index (χ3n) is 4.78. The first-order chi connectivity index (χ1) is 12.5. The van der Waals surface area contributed by atoms with Gasteiger partial charge in [0.1, 0.15) is 5.75 Å². The van der Waals surface area contributed by atoms with Gasteiger partial charge in [0.05, 0.1) is 6.10 Å². The molecule has 1 fully saturated rings. The van der Waals surface area contributed by atoms with E-state index >= 15 is 0 Å². The van der Waals surface area contributed by atoms with Gasteiger partial charge < -0.3 is 15.8 Å². The molecule has 26 heavy (non-hydrogen) atoms. The fourth-order valence-corrected chi connectivity index (χ4v) is 3.40. The molecule has 0 atom stereocenters. The van der Waals surface area contributed by atoms with E-state index < -0.39 is 0 Å². The Morgan fingerprint density at radius 1 is 1.15 bits per heavy atom. The first-order valence-corrected chi connectivity index (χ1v) is 9.17. The van der Waals surface area contributed by atoms with E-state index in [1.807, 2.05) is 38.1 Å². The summed E-state index contributed by atoms with van der Waals surface area (Å²) in [6, 6.07) is 7.59. The third-order valence-corrected chi connectivity index (χ3v) is 4.78. The maximum absolute atomic E-state index is 12.2. The molecule has 1 saturated carbocycles. The number of anilines is 2. The summed E-state index contributed by atoms with van der Waals surface area (Å²) in [7, 11) is 0. The average Bonchev–Trinajstić information content (AvgIpc) is 3.08. The molecule has 0 saturated heterocycles. The second-order valence-electron chi connectivity index (χ2n) is 6.83. The van der Waals surface area contributed by atoms with Gasteiger partial charge in [0, 0.05) is 23.5 Å². The zero-order valence-corrected chi connectivity index (χ0v) is 15.4. The second-order valence-corrected chi connectivity index (χ2v) is 6.83. The lowest BCUT2D eigenvalue weighted by Crippen LogP contribution is -2.14. The highest BCUT2D eigenvalue weighted by molar-refractivity contribution is 5.90. The number of carbonyl (C=O) groups is 1. The fraction of sp³-hybridized carbons (Fsp3) is 0.450. The maximum Gasteiger partial charge on any atom is 0.224 e. The summed E-state index contributed by atoms with van der Waals surface area (Å²) in [6.45, 7) is 3.78. The molecule has 2 aromatic rings. The number of ether oxygens (including phenoxy) is 1. The molecule has 1 aromatic carbocycles. The molecule has 1 aliphatic rings. The van der Waals surface area contributed by atoms with Crippen LogP contribution in [0.4, 0.5) is 11.6 Å². The summed E-state index contributed by atoms with van der Waals surface area (Å²) in [5.41, 5.74) is 9.05. The zero-order valence-electron chi connectivity index (χ0n) is 15.4. The van der Waals surface area contributed by atoms with Crippen molar-refractivity contribution in [2.45, 2.75) is 58.5 Å². The second kappa shape index (κ2) is 8.17. The van der Waals surface area contributed by atoms with Crippen molar-refractivity contribution in [2.75, 3.05) is 11.1 Å². The van der Waals surface area contributed by atoms with Crippen molar-refractivity contribution in [3.63, 3.8) is 0 Å². The van der Waals surface area contributed by atoms with Crippen LogP contribution in [0.1, 0.15) is 49.1 Å². The Morgan fingerprint density at radius 2 is 1.77 bits per heavy atom.